The van der Waals surface area contributed by atoms with Crippen molar-refractivity contribution in [2.75, 3.05) is 11.9 Å². The molecule has 55 heavy (non-hydrogen) atoms. The highest BCUT2D eigenvalue weighted by atomic mass is 32.2. The van der Waals surface area contributed by atoms with Gasteiger partial charge in [0, 0.05) is 5.69 Å². The molecule has 8 rings (SSSR count). The van der Waals surface area contributed by atoms with Gasteiger partial charge in [-0.3, -0.25) is 0 Å². The first-order valence-electron chi connectivity index (χ1n) is 19.4. The molecule has 2 heterocycles. The third-order valence-corrected chi connectivity index (χ3v) is 18.4. The summed E-state index contributed by atoms with van der Waals surface area (Å²) < 4.78 is 39.4. The maximum Gasteiger partial charge on any atom is 0.354 e. The molecule has 2 aliphatic carbocycles. The highest BCUT2D eigenvalue weighted by molar-refractivity contribution is 7.92. The van der Waals surface area contributed by atoms with Crippen molar-refractivity contribution in [3.63, 3.8) is 0 Å². The van der Waals surface area contributed by atoms with Gasteiger partial charge >= 0.3 is 6.03 Å². The Kier molecular flexibility index (Phi) is 9.86. The number of nitrogens with one attached hydrogen (secondary N) is 2. The number of hydrogen-bond acceptors (Lipinski definition) is 5. The van der Waals surface area contributed by atoms with Crippen LogP contribution < -0.4 is 14.8 Å². The number of urea groups is 1. The maximum absolute atomic E-state index is 16.3. The van der Waals surface area contributed by atoms with E-state index in [0.29, 0.717) is 19.0 Å². The number of hydrogen-bond donors (Lipinski definition) is 2. The molecule has 1 aliphatic heterocycles. The van der Waals surface area contributed by atoms with Gasteiger partial charge in [0.15, 0.2) is 18.2 Å². The predicted molar refractivity (Wildman–Crippen MR) is 220 cm³/mol. The Balaban J connectivity index is 1.27. The quantitative estimate of drug-likeness (QED) is 0.109. The van der Waals surface area contributed by atoms with Crippen LogP contribution in [0, 0.1) is 0 Å². The molecule has 4 aromatic carbocycles. The topological polar surface area (TPSA) is 107 Å². The number of aromatic nitrogens is 2. The lowest BCUT2D eigenvalue weighted by Crippen LogP contribution is -2.48. The number of rotatable bonds is 10. The molecule has 2 atom stereocenters. The molecular formula is C44H51N5O4SSi. The summed E-state index contributed by atoms with van der Waals surface area (Å²) in [5.74, 6) is 0.322. The molecule has 2 amide bonds. The number of benzene rings is 4. The Bertz CT molecular complexity index is 2200. The monoisotopic (exact) mass is 773 g/mol. The Morgan fingerprint density at radius 3 is 1.91 bits per heavy atom. The standard InChI is InChI=1S/C44H51N5O4SSi/c1-43(2,3)55(4,5)52-30-36-29-49-41(53-36)39(28-45-49)54(51,47-42(50)46-40-37-25-15-17-31(37)27-32-18-16-26-38(32)40)48-44(33-19-9-6-10-20-33,34-21-11-7-12-22-34)35-23-13-8-14-24-35/h6-14,19-24,27-28,36H,15-18,25-26,29-30H2,1-5H3,(H2,46,47,48,50,51)/t36-,54?/m0/s1. The van der Waals surface area contributed by atoms with Crippen LogP contribution in [0.1, 0.15) is 72.6 Å². The van der Waals surface area contributed by atoms with Crippen LogP contribution >= 0.6 is 0 Å². The fourth-order valence-electron chi connectivity index (χ4n) is 8.08. The second-order valence-electron chi connectivity index (χ2n) is 16.5. The molecule has 286 valence electrons. The Morgan fingerprint density at radius 2 is 1.40 bits per heavy atom. The number of amides is 2. The van der Waals surface area contributed by atoms with E-state index in [9.17, 15) is 4.79 Å². The Morgan fingerprint density at radius 1 is 0.873 bits per heavy atom. The van der Waals surface area contributed by atoms with E-state index in [2.05, 4.69) is 59.4 Å². The molecule has 1 unspecified atom stereocenters. The lowest BCUT2D eigenvalue weighted by Gasteiger charge is -2.37. The van der Waals surface area contributed by atoms with Crippen LogP contribution in [0.5, 0.6) is 5.88 Å². The van der Waals surface area contributed by atoms with Gasteiger partial charge in [0.05, 0.1) is 19.3 Å². The van der Waals surface area contributed by atoms with Crippen molar-refractivity contribution in [1.29, 1.82) is 0 Å². The first-order chi connectivity index (χ1) is 26.4. The molecule has 0 bridgehead atoms. The zero-order valence-corrected chi connectivity index (χ0v) is 34.2. The summed E-state index contributed by atoms with van der Waals surface area (Å²) in [5, 5.41) is 7.89. The number of anilines is 1. The largest absolute Gasteiger partial charge is 0.469 e. The van der Waals surface area contributed by atoms with Crippen LogP contribution in [0.2, 0.25) is 18.1 Å². The highest BCUT2D eigenvalue weighted by Crippen LogP contribution is 2.43. The zero-order valence-electron chi connectivity index (χ0n) is 32.4. The SMILES string of the molecule is CC(C)(C)[Si](C)(C)OC[C@@H]1Cn2ncc(S(=O)(=NC(=O)Nc3c4c(cc5c3CCC5)CCC4)NC(c3ccccc3)(c3ccccc3)c3ccccc3)c2O1. The number of aryl methyl sites for hydroxylation is 2. The minimum atomic E-state index is -3.87. The lowest BCUT2D eigenvalue weighted by molar-refractivity contribution is 0.135. The molecule has 0 radical (unpaired) electrons. The summed E-state index contributed by atoms with van der Waals surface area (Å²) in [4.78, 5) is 14.7. The Labute approximate surface area is 326 Å². The van der Waals surface area contributed by atoms with E-state index in [1.54, 1.807) is 4.68 Å². The molecule has 2 N–H and O–H groups in total. The molecule has 0 saturated carbocycles. The van der Waals surface area contributed by atoms with Crippen LogP contribution in [0.25, 0.3) is 0 Å². The van der Waals surface area contributed by atoms with Gasteiger partial charge in [-0.1, -0.05) is 118 Å². The van der Waals surface area contributed by atoms with E-state index in [-0.39, 0.29) is 16.0 Å². The van der Waals surface area contributed by atoms with E-state index < -0.39 is 29.8 Å². The zero-order chi connectivity index (χ0) is 38.4. The smallest absolute Gasteiger partial charge is 0.354 e. The van der Waals surface area contributed by atoms with Crippen molar-refractivity contribution in [2.24, 2.45) is 4.36 Å². The van der Waals surface area contributed by atoms with Gasteiger partial charge in [-0.25, -0.2) is 18.4 Å². The third-order valence-electron chi connectivity index (χ3n) is 12.0. The molecule has 9 nitrogen and oxygen atoms in total. The van der Waals surface area contributed by atoms with Crippen LogP contribution in [0.4, 0.5) is 10.5 Å². The number of ether oxygens (including phenoxy) is 1. The number of fused-ring (bicyclic) bond motifs is 3. The minimum absolute atomic E-state index is 0.0312. The second kappa shape index (κ2) is 14.5. The van der Waals surface area contributed by atoms with Crippen LogP contribution in [0.3, 0.4) is 0 Å². The first kappa shape index (κ1) is 37.4. The normalized spacial score (nSPS) is 17.5. The van der Waals surface area contributed by atoms with E-state index in [0.717, 1.165) is 60.9 Å². The van der Waals surface area contributed by atoms with Gasteiger partial charge in [-0.15, -0.1) is 4.36 Å². The van der Waals surface area contributed by atoms with Gasteiger partial charge in [0.1, 0.15) is 16.5 Å². The van der Waals surface area contributed by atoms with Crippen molar-refractivity contribution in [3.8, 4) is 5.88 Å². The van der Waals surface area contributed by atoms with Gasteiger partial charge in [-0.2, -0.15) is 5.10 Å². The van der Waals surface area contributed by atoms with Crippen molar-refractivity contribution in [1.82, 2.24) is 14.5 Å². The average Bonchev–Trinajstić information content (AvgIpc) is 3.99. The van der Waals surface area contributed by atoms with E-state index in [1.165, 1.54) is 28.5 Å². The van der Waals surface area contributed by atoms with Crippen molar-refractivity contribution in [3.05, 3.63) is 142 Å². The highest BCUT2D eigenvalue weighted by Gasteiger charge is 2.44. The Hall–Kier alpha value is -4.55. The van der Waals surface area contributed by atoms with E-state index in [4.69, 9.17) is 9.16 Å². The summed E-state index contributed by atoms with van der Waals surface area (Å²) in [7, 11) is -5.94. The van der Waals surface area contributed by atoms with Gasteiger partial charge in [0.2, 0.25) is 5.88 Å². The number of carbonyl (C=O) groups is 1. The summed E-state index contributed by atoms with van der Waals surface area (Å²) in [6, 6.07) is 31.4. The maximum atomic E-state index is 16.3. The van der Waals surface area contributed by atoms with E-state index >= 15 is 4.21 Å². The minimum Gasteiger partial charge on any atom is -0.469 e. The molecule has 0 fully saturated rings. The summed E-state index contributed by atoms with van der Waals surface area (Å²) in [5.41, 5.74) is 7.07. The molecule has 1 aromatic heterocycles. The van der Waals surface area contributed by atoms with Crippen LogP contribution in [0.15, 0.2) is 113 Å². The molecule has 11 heteroatoms. The van der Waals surface area contributed by atoms with Crippen LogP contribution in [-0.4, -0.2) is 41.0 Å². The third kappa shape index (κ3) is 6.96. The van der Waals surface area contributed by atoms with Crippen molar-refractivity contribution < 1.29 is 18.2 Å². The van der Waals surface area contributed by atoms with Gasteiger partial charge < -0.3 is 14.5 Å². The van der Waals surface area contributed by atoms with E-state index in [1.807, 2.05) is 91.0 Å². The lowest BCUT2D eigenvalue weighted by atomic mass is 9.78. The first-order valence-corrected chi connectivity index (χ1v) is 23.9. The molecule has 0 spiro atoms. The van der Waals surface area contributed by atoms with Crippen LogP contribution in [-0.2, 0) is 52.1 Å². The summed E-state index contributed by atoms with van der Waals surface area (Å²) in [6.07, 6.45) is 7.07. The van der Waals surface area contributed by atoms with Gasteiger partial charge in [-0.05, 0) is 95.6 Å². The average molecular weight is 774 g/mol. The summed E-state index contributed by atoms with van der Waals surface area (Å²) in [6.45, 7) is 11.9. The van der Waals surface area contributed by atoms with Crippen molar-refractivity contribution >= 4 is 30.0 Å². The number of nitrogens with zero attached hydrogens (tertiary/aromatic N) is 3. The summed E-state index contributed by atoms with van der Waals surface area (Å²) >= 11 is 0. The second-order valence-corrected chi connectivity index (χ2v) is 23.2. The fourth-order valence-corrected chi connectivity index (χ4v) is 11.0. The number of carbonyl (C=O) groups excluding carboxylic acids is 1. The molecule has 0 saturated heterocycles. The fraction of sp³-hybridized carbons (Fsp3) is 0.364. The van der Waals surface area contributed by atoms with Gasteiger partial charge in [0.25, 0.3) is 0 Å². The predicted octanol–water partition coefficient (Wildman–Crippen LogP) is 9.20. The van der Waals surface area contributed by atoms with Crippen molar-refractivity contribution in [2.45, 2.75) is 101 Å². The molecule has 3 aliphatic rings. The molecule has 5 aromatic rings. The molecular weight excluding hydrogens is 723 g/mol.